The van der Waals surface area contributed by atoms with Crippen molar-refractivity contribution in [2.24, 2.45) is 5.73 Å². The fraction of sp³-hybridized carbons (Fsp3) is 0.294. The second kappa shape index (κ2) is 6.05. The van der Waals surface area contributed by atoms with Crippen LogP contribution in [0.4, 0.5) is 0 Å². The van der Waals surface area contributed by atoms with Crippen LogP contribution in [-0.4, -0.2) is 29.8 Å². The maximum Gasteiger partial charge on any atom is 0.248 e. The molecule has 1 unspecified atom stereocenters. The van der Waals surface area contributed by atoms with Gasteiger partial charge in [-0.15, -0.1) is 0 Å². The van der Waals surface area contributed by atoms with Gasteiger partial charge in [-0.3, -0.25) is 9.59 Å². The average molecular weight is 298 g/mol. The highest BCUT2D eigenvalue weighted by molar-refractivity contribution is 5.95. The number of carbonyl (C=O) groups is 2. The van der Waals surface area contributed by atoms with E-state index in [-0.39, 0.29) is 18.2 Å². The molecule has 3 rings (SSSR count). The molecule has 1 aromatic carbocycles. The largest absolute Gasteiger partial charge is 0.469 e. The van der Waals surface area contributed by atoms with Crippen LogP contribution in [0.2, 0.25) is 0 Å². The van der Waals surface area contributed by atoms with Gasteiger partial charge in [-0.1, -0.05) is 18.2 Å². The van der Waals surface area contributed by atoms with Crippen LogP contribution in [0.25, 0.3) is 0 Å². The quantitative estimate of drug-likeness (QED) is 0.937. The fourth-order valence-electron chi connectivity index (χ4n) is 2.93. The summed E-state index contributed by atoms with van der Waals surface area (Å²) in [5.74, 6) is 0.694. The third-order valence-electron chi connectivity index (χ3n) is 4.11. The number of carbonyl (C=O) groups excluding carboxylic acids is 2. The topological polar surface area (TPSA) is 76.5 Å². The summed E-state index contributed by atoms with van der Waals surface area (Å²) in [4.78, 5) is 25.7. The molecule has 0 saturated carbocycles. The van der Waals surface area contributed by atoms with E-state index in [4.69, 9.17) is 10.2 Å². The minimum Gasteiger partial charge on any atom is -0.469 e. The molecule has 5 heteroatoms. The molecular weight excluding hydrogens is 280 g/mol. The van der Waals surface area contributed by atoms with Gasteiger partial charge in [-0.2, -0.15) is 0 Å². The van der Waals surface area contributed by atoms with Gasteiger partial charge in [-0.25, -0.2) is 0 Å². The number of nitrogens with two attached hydrogens (primary N) is 1. The van der Waals surface area contributed by atoms with E-state index in [0.717, 1.165) is 12.2 Å². The minimum absolute atomic E-state index is 0.0164. The number of furan rings is 1. The third-order valence-corrected chi connectivity index (χ3v) is 4.11. The Bertz CT molecular complexity index is 679. The molecule has 114 valence electrons. The Morgan fingerprint density at radius 3 is 2.77 bits per heavy atom. The van der Waals surface area contributed by atoms with Crippen molar-refractivity contribution in [1.29, 1.82) is 0 Å². The van der Waals surface area contributed by atoms with E-state index in [0.29, 0.717) is 24.2 Å². The maximum atomic E-state index is 12.4. The average Bonchev–Trinajstić information content (AvgIpc) is 3.18. The van der Waals surface area contributed by atoms with Gasteiger partial charge >= 0.3 is 0 Å². The van der Waals surface area contributed by atoms with E-state index in [9.17, 15) is 9.59 Å². The van der Waals surface area contributed by atoms with Crippen LogP contribution in [-0.2, 0) is 11.2 Å². The number of hydrogen-bond donors (Lipinski definition) is 1. The van der Waals surface area contributed by atoms with Gasteiger partial charge in [0.05, 0.1) is 12.7 Å². The lowest BCUT2D eigenvalue weighted by Crippen LogP contribution is -2.30. The summed E-state index contributed by atoms with van der Waals surface area (Å²) in [6.45, 7) is 1.37. The highest BCUT2D eigenvalue weighted by Gasteiger charge is 2.29. The summed E-state index contributed by atoms with van der Waals surface area (Å²) in [7, 11) is 0. The Hall–Kier alpha value is -2.56. The molecule has 1 aliphatic rings. The zero-order valence-electron chi connectivity index (χ0n) is 12.2. The van der Waals surface area contributed by atoms with E-state index in [2.05, 4.69) is 0 Å². The molecule has 2 heterocycles. The van der Waals surface area contributed by atoms with Gasteiger partial charge in [0.2, 0.25) is 11.8 Å². The van der Waals surface area contributed by atoms with E-state index in [1.807, 2.05) is 23.1 Å². The SMILES string of the molecule is NC(=O)c1ccccc1CC(=O)N1CCC(c2ccco2)C1. The van der Waals surface area contributed by atoms with Crippen molar-refractivity contribution >= 4 is 11.8 Å². The van der Waals surface area contributed by atoms with Crippen molar-refractivity contribution in [3.8, 4) is 0 Å². The number of amides is 2. The molecule has 2 amide bonds. The lowest BCUT2D eigenvalue weighted by atomic mass is 10.0. The monoisotopic (exact) mass is 298 g/mol. The van der Waals surface area contributed by atoms with E-state index in [1.165, 1.54) is 0 Å². The van der Waals surface area contributed by atoms with Crippen molar-refractivity contribution in [3.05, 3.63) is 59.5 Å². The standard InChI is InChI=1S/C17H18N2O3/c18-17(21)14-5-2-1-4-12(14)10-16(20)19-8-7-13(11-19)15-6-3-9-22-15/h1-6,9,13H,7-8,10-11H2,(H2,18,21). The van der Waals surface area contributed by atoms with Crippen LogP contribution < -0.4 is 5.73 Å². The summed E-state index contributed by atoms with van der Waals surface area (Å²) in [6.07, 6.45) is 2.75. The number of primary amides is 1. The smallest absolute Gasteiger partial charge is 0.248 e. The lowest BCUT2D eigenvalue weighted by molar-refractivity contribution is -0.129. The first-order chi connectivity index (χ1) is 10.6. The molecule has 2 aromatic rings. The highest BCUT2D eigenvalue weighted by atomic mass is 16.3. The van der Waals surface area contributed by atoms with Crippen LogP contribution in [0.5, 0.6) is 0 Å². The molecular formula is C17H18N2O3. The number of rotatable bonds is 4. The molecule has 0 bridgehead atoms. The molecule has 1 saturated heterocycles. The van der Waals surface area contributed by atoms with Gasteiger partial charge in [0.15, 0.2) is 0 Å². The van der Waals surface area contributed by atoms with E-state index in [1.54, 1.807) is 24.5 Å². The molecule has 1 aromatic heterocycles. The van der Waals surface area contributed by atoms with Crippen molar-refractivity contribution in [3.63, 3.8) is 0 Å². The van der Waals surface area contributed by atoms with E-state index < -0.39 is 5.91 Å². The number of likely N-dealkylation sites (tertiary alicyclic amines) is 1. The number of benzene rings is 1. The first-order valence-electron chi connectivity index (χ1n) is 7.34. The Labute approximate surface area is 128 Å². The number of nitrogens with zero attached hydrogens (tertiary/aromatic N) is 1. The van der Waals surface area contributed by atoms with E-state index >= 15 is 0 Å². The van der Waals surface area contributed by atoms with Crippen LogP contribution in [0.1, 0.15) is 34.0 Å². The summed E-state index contributed by atoms with van der Waals surface area (Å²) in [5.41, 5.74) is 6.45. The molecule has 5 nitrogen and oxygen atoms in total. The van der Waals surface area contributed by atoms with Crippen molar-refractivity contribution < 1.29 is 14.0 Å². The predicted octanol–water partition coefficient (Wildman–Crippen LogP) is 1.94. The molecule has 2 N–H and O–H groups in total. The van der Waals surface area contributed by atoms with Gasteiger partial charge in [-0.05, 0) is 30.2 Å². The minimum atomic E-state index is -0.502. The molecule has 1 atom stereocenters. The Morgan fingerprint density at radius 2 is 2.05 bits per heavy atom. The summed E-state index contributed by atoms with van der Waals surface area (Å²) < 4.78 is 5.42. The molecule has 22 heavy (non-hydrogen) atoms. The van der Waals surface area contributed by atoms with Crippen LogP contribution >= 0.6 is 0 Å². The Morgan fingerprint density at radius 1 is 1.23 bits per heavy atom. The Kier molecular flexibility index (Phi) is 3.96. The lowest BCUT2D eigenvalue weighted by Gasteiger charge is -2.17. The second-order valence-corrected chi connectivity index (χ2v) is 5.54. The normalized spacial score (nSPS) is 17.6. The van der Waals surface area contributed by atoms with Gasteiger partial charge in [0.25, 0.3) is 0 Å². The zero-order chi connectivity index (χ0) is 15.5. The first kappa shape index (κ1) is 14.4. The summed E-state index contributed by atoms with van der Waals surface area (Å²) in [6, 6.07) is 10.8. The zero-order valence-corrected chi connectivity index (χ0v) is 12.2. The van der Waals surface area contributed by atoms with Gasteiger partial charge in [0, 0.05) is 24.6 Å². The fourth-order valence-corrected chi connectivity index (χ4v) is 2.93. The highest BCUT2D eigenvalue weighted by Crippen LogP contribution is 2.27. The first-order valence-corrected chi connectivity index (χ1v) is 7.34. The molecule has 0 radical (unpaired) electrons. The third kappa shape index (κ3) is 2.88. The van der Waals surface area contributed by atoms with Crippen LogP contribution in [0.3, 0.4) is 0 Å². The predicted molar refractivity (Wildman–Crippen MR) is 81.3 cm³/mol. The maximum absolute atomic E-state index is 12.4. The summed E-state index contributed by atoms with van der Waals surface area (Å²) in [5, 5.41) is 0. The molecule has 0 aliphatic carbocycles. The van der Waals surface area contributed by atoms with Crippen molar-refractivity contribution in [2.45, 2.75) is 18.8 Å². The summed E-state index contributed by atoms with van der Waals surface area (Å²) >= 11 is 0. The second-order valence-electron chi connectivity index (χ2n) is 5.54. The Balaban J connectivity index is 1.67. The van der Waals surface area contributed by atoms with Gasteiger partial charge < -0.3 is 15.1 Å². The molecule has 1 aliphatic heterocycles. The number of hydrogen-bond acceptors (Lipinski definition) is 3. The molecule has 0 spiro atoms. The van der Waals surface area contributed by atoms with Gasteiger partial charge in [0.1, 0.15) is 5.76 Å². The van der Waals surface area contributed by atoms with Crippen molar-refractivity contribution in [1.82, 2.24) is 4.90 Å². The van der Waals surface area contributed by atoms with Crippen LogP contribution in [0.15, 0.2) is 47.1 Å². The van der Waals surface area contributed by atoms with Crippen LogP contribution in [0, 0.1) is 0 Å². The van der Waals surface area contributed by atoms with Crippen molar-refractivity contribution in [2.75, 3.05) is 13.1 Å². The molecule has 1 fully saturated rings.